The summed E-state index contributed by atoms with van der Waals surface area (Å²) < 4.78 is 8.96. The fraction of sp³-hybridized carbons (Fsp3) is 0.0465. The monoisotopic (exact) mass is 588 g/mol. The zero-order valence-corrected chi connectivity index (χ0v) is 25.3. The standard InChI is InChI=1S/C43H28N2O/c1-2-39-44-36-22-12-24-38-43(36)45(39)42-34(21-11-23-37(42)46-38)40-30-17-7-9-19-32(30)41(33-20-10-8-18-31(33)40)35-25-26-13-3-4-14-27(26)28-15-5-6-16-29(28)35/h3-25H,2H2,1H3. The molecule has 8 aromatic carbocycles. The minimum absolute atomic E-state index is 0.817. The summed E-state index contributed by atoms with van der Waals surface area (Å²) in [5.74, 6) is 2.73. The molecule has 0 bridgehead atoms. The van der Waals surface area contributed by atoms with Crippen LogP contribution in [0.4, 0.5) is 0 Å². The molecular formula is C43H28N2O. The van der Waals surface area contributed by atoms with E-state index in [1.54, 1.807) is 0 Å². The number of para-hydroxylation sites is 2. The van der Waals surface area contributed by atoms with Crippen molar-refractivity contribution >= 4 is 54.1 Å². The Labute approximate surface area is 265 Å². The summed E-state index contributed by atoms with van der Waals surface area (Å²) >= 11 is 0. The normalized spacial score (nSPS) is 12.3. The number of imidazole rings is 1. The Morgan fingerprint density at radius 3 is 1.78 bits per heavy atom. The smallest absolute Gasteiger partial charge is 0.153 e. The lowest BCUT2D eigenvalue weighted by atomic mass is 9.83. The van der Waals surface area contributed by atoms with Gasteiger partial charge >= 0.3 is 0 Å². The molecule has 46 heavy (non-hydrogen) atoms. The van der Waals surface area contributed by atoms with E-state index in [0.29, 0.717) is 0 Å². The van der Waals surface area contributed by atoms with Crippen LogP contribution in [0.15, 0.2) is 140 Å². The minimum Gasteiger partial charge on any atom is -0.453 e. The third-order valence-electron chi connectivity index (χ3n) is 9.71. The van der Waals surface area contributed by atoms with E-state index in [-0.39, 0.29) is 0 Å². The number of aryl methyl sites for hydroxylation is 1. The quantitative estimate of drug-likeness (QED) is 0.152. The zero-order valence-electron chi connectivity index (χ0n) is 25.3. The molecule has 1 aliphatic heterocycles. The van der Waals surface area contributed by atoms with Gasteiger partial charge in [0, 0.05) is 12.0 Å². The highest BCUT2D eigenvalue weighted by Gasteiger charge is 2.28. The lowest BCUT2D eigenvalue weighted by molar-refractivity contribution is 0.474. The molecule has 0 radical (unpaired) electrons. The number of fused-ring (bicyclic) bond motifs is 7. The Balaban J connectivity index is 1.37. The van der Waals surface area contributed by atoms with Gasteiger partial charge in [-0.05, 0) is 84.0 Å². The van der Waals surface area contributed by atoms with Crippen molar-refractivity contribution in [1.82, 2.24) is 9.55 Å². The van der Waals surface area contributed by atoms with E-state index in [1.807, 2.05) is 12.1 Å². The van der Waals surface area contributed by atoms with Crippen LogP contribution in [0.25, 0.3) is 82.1 Å². The van der Waals surface area contributed by atoms with Crippen molar-refractivity contribution in [2.45, 2.75) is 13.3 Å². The fourth-order valence-electron chi connectivity index (χ4n) is 7.83. The minimum atomic E-state index is 0.817. The summed E-state index contributed by atoms with van der Waals surface area (Å²) in [7, 11) is 0. The van der Waals surface area contributed by atoms with E-state index in [4.69, 9.17) is 9.72 Å². The van der Waals surface area contributed by atoms with Crippen molar-refractivity contribution in [1.29, 1.82) is 0 Å². The van der Waals surface area contributed by atoms with Crippen LogP contribution in [0, 0.1) is 0 Å². The lowest BCUT2D eigenvalue weighted by Gasteiger charge is -2.25. The molecule has 1 aliphatic rings. The molecule has 0 saturated heterocycles. The van der Waals surface area contributed by atoms with E-state index in [0.717, 1.165) is 46.0 Å². The second-order valence-corrected chi connectivity index (χ2v) is 12.1. The van der Waals surface area contributed by atoms with Crippen molar-refractivity contribution in [2.24, 2.45) is 0 Å². The third-order valence-corrected chi connectivity index (χ3v) is 9.71. The summed E-state index contributed by atoms with van der Waals surface area (Å²) in [4.78, 5) is 5.05. The molecule has 0 aliphatic carbocycles. The SMILES string of the molecule is CCc1nc2cccc3c2n1-c1c(cccc1-c1c2ccccc2c(-c2cc4ccccc4c4ccccc24)c2ccccc12)O3. The predicted octanol–water partition coefficient (Wildman–Crippen LogP) is 11.6. The Hall–Kier alpha value is -5.93. The number of ether oxygens (including phenoxy) is 1. The van der Waals surface area contributed by atoms with Crippen LogP contribution in [0.2, 0.25) is 0 Å². The molecule has 0 saturated carbocycles. The lowest BCUT2D eigenvalue weighted by Crippen LogP contribution is -2.09. The van der Waals surface area contributed by atoms with Crippen molar-refractivity contribution in [3.8, 4) is 39.4 Å². The summed E-state index contributed by atoms with van der Waals surface area (Å²) in [5, 5.41) is 9.97. The second kappa shape index (κ2) is 9.53. The van der Waals surface area contributed by atoms with Crippen molar-refractivity contribution in [3.63, 3.8) is 0 Å². The molecular weight excluding hydrogens is 560 g/mol. The van der Waals surface area contributed by atoms with Gasteiger partial charge in [-0.1, -0.05) is 122 Å². The molecule has 0 atom stereocenters. The maximum atomic E-state index is 6.61. The highest BCUT2D eigenvalue weighted by Crippen LogP contribution is 2.51. The number of aromatic nitrogens is 2. The molecule has 216 valence electrons. The van der Waals surface area contributed by atoms with E-state index in [9.17, 15) is 0 Å². The Kier molecular flexibility index (Phi) is 5.26. The Morgan fingerprint density at radius 2 is 1.09 bits per heavy atom. The first-order valence-corrected chi connectivity index (χ1v) is 16.0. The molecule has 0 N–H and O–H groups in total. The van der Waals surface area contributed by atoms with Gasteiger partial charge in [0.05, 0.1) is 11.2 Å². The van der Waals surface area contributed by atoms with E-state index in [1.165, 1.54) is 59.8 Å². The van der Waals surface area contributed by atoms with Crippen LogP contribution >= 0.6 is 0 Å². The molecule has 9 aromatic rings. The van der Waals surface area contributed by atoms with Crippen LogP contribution in [0.3, 0.4) is 0 Å². The van der Waals surface area contributed by atoms with Gasteiger partial charge in [-0.2, -0.15) is 0 Å². The van der Waals surface area contributed by atoms with Gasteiger partial charge in [-0.25, -0.2) is 4.98 Å². The van der Waals surface area contributed by atoms with Gasteiger partial charge in [0.25, 0.3) is 0 Å². The highest BCUT2D eigenvalue weighted by atomic mass is 16.5. The molecule has 3 heteroatoms. The molecule has 3 nitrogen and oxygen atoms in total. The number of hydrogen-bond donors (Lipinski definition) is 0. The van der Waals surface area contributed by atoms with Crippen LogP contribution in [-0.2, 0) is 6.42 Å². The molecule has 0 spiro atoms. The average Bonchev–Trinajstić information content (AvgIpc) is 3.50. The second-order valence-electron chi connectivity index (χ2n) is 12.1. The van der Waals surface area contributed by atoms with Crippen molar-refractivity contribution < 1.29 is 4.74 Å². The van der Waals surface area contributed by atoms with Crippen molar-refractivity contribution in [2.75, 3.05) is 0 Å². The summed E-state index contributed by atoms with van der Waals surface area (Å²) in [5.41, 5.74) is 7.93. The van der Waals surface area contributed by atoms with E-state index < -0.39 is 0 Å². The Bertz CT molecular complexity index is 2660. The van der Waals surface area contributed by atoms with Crippen LogP contribution in [0.5, 0.6) is 11.5 Å². The van der Waals surface area contributed by atoms with E-state index >= 15 is 0 Å². The molecule has 1 aromatic heterocycles. The molecule has 0 fully saturated rings. The topological polar surface area (TPSA) is 27.1 Å². The Morgan fingerprint density at radius 1 is 0.522 bits per heavy atom. The number of rotatable bonds is 3. The van der Waals surface area contributed by atoms with Gasteiger partial charge in [0.1, 0.15) is 11.3 Å². The first-order valence-electron chi connectivity index (χ1n) is 16.0. The summed E-state index contributed by atoms with van der Waals surface area (Å²) in [6, 6.07) is 50.4. The van der Waals surface area contributed by atoms with Gasteiger partial charge in [-0.15, -0.1) is 0 Å². The van der Waals surface area contributed by atoms with Crippen LogP contribution < -0.4 is 4.74 Å². The van der Waals surface area contributed by atoms with E-state index in [2.05, 4.69) is 139 Å². The third kappa shape index (κ3) is 3.40. The van der Waals surface area contributed by atoms with Gasteiger partial charge in [0.2, 0.25) is 0 Å². The summed E-state index contributed by atoms with van der Waals surface area (Å²) in [6.07, 6.45) is 0.817. The number of nitrogens with zero attached hydrogens (tertiary/aromatic N) is 2. The molecule has 0 unspecified atom stereocenters. The van der Waals surface area contributed by atoms with Crippen molar-refractivity contribution in [3.05, 3.63) is 145 Å². The van der Waals surface area contributed by atoms with Gasteiger partial charge < -0.3 is 4.74 Å². The molecule has 0 amide bonds. The fourth-order valence-corrected chi connectivity index (χ4v) is 7.83. The number of benzene rings is 8. The first kappa shape index (κ1) is 25.4. The first-order chi connectivity index (χ1) is 22.8. The maximum absolute atomic E-state index is 6.61. The highest BCUT2D eigenvalue weighted by molar-refractivity contribution is 6.26. The summed E-state index contributed by atoms with van der Waals surface area (Å²) in [6.45, 7) is 2.18. The average molecular weight is 589 g/mol. The predicted molar refractivity (Wildman–Crippen MR) is 191 cm³/mol. The zero-order chi connectivity index (χ0) is 30.4. The largest absolute Gasteiger partial charge is 0.453 e. The number of hydrogen-bond acceptors (Lipinski definition) is 2. The molecule has 10 rings (SSSR count). The maximum Gasteiger partial charge on any atom is 0.153 e. The van der Waals surface area contributed by atoms with Gasteiger partial charge in [-0.3, -0.25) is 4.57 Å². The van der Waals surface area contributed by atoms with Crippen LogP contribution in [-0.4, -0.2) is 9.55 Å². The van der Waals surface area contributed by atoms with Crippen LogP contribution in [0.1, 0.15) is 12.7 Å². The molecule has 2 heterocycles. The van der Waals surface area contributed by atoms with Gasteiger partial charge in [0.15, 0.2) is 11.5 Å².